The van der Waals surface area contributed by atoms with Gasteiger partial charge in [0.2, 0.25) is 11.8 Å². The molecular formula is C25H33N3O2. The van der Waals surface area contributed by atoms with E-state index < -0.39 is 0 Å². The summed E-state index contributed by atoms with van der Waals surface area (Å²) in [5.41, 5.74) is 5.60. The standard InChI is InChI=1S/C25H33N3O2/c1-16(20-5-7-22(8-6-20)26-24(30)21-3-2-4-21)27-28-23(29)15-25-12-17-9-18(13-25)11-19(10-17)14-25/h5-8,17-19,21H,2-4,9-15H2,1H3,(H,26,30)(H,28,29). The van der Waals surface area contributed by atoms with Gasteiger partial charge in [-0.15, -0.1) is 0 Å². The van der Waals surface area contributed by atoms with Crippen molar-refractivity contribution in [3.05, 3.63) is 29.8 Å². The van der Waals surface area contributed by atoms with E-state index in [1.165, 1.54) is 38.5 Å². The van der Waals surface area contributed by atoms with Crippen LogP contribution in [0.3, 0.4) is 0 Å². The van der Waals surface area contributed by atoms with E-state index in [1.807, 2.05) is 31.2 Å². The van der Waals surface area contributed by atoms with Gasteiger partial charge in [-0.1, -0.05) is 18.6 Å². The summed E-state index contributed by atoms with van der Waals surface area (Å²) in [6.45, 7) is 1.91. The molecule has 6 rings (SSSR count). The van der Waals surface area contributed by atoms with Gasteiger partial charge >= 0.3 is 0 Å². The second-order valence-corrected chi connectivity index (χ2v) is 10.5. The van der Waals surface area contributed by atoms with Crippen LogP contribution in [0.5, 0.6) is 0 Å². The molecule has 5 heteroatoms. The minimum Gasteiger partial charge on any atom is -0.326 e. The molecule has 1 aromatic rings. The van der Waals surface area contributed by atoms with Crippen LogP contribution in [0.4, 0.5) is 5.69 Å². The lowest BCUT2D eigenvalue weighted by atomic mass is 9.49. The fourth-order valence-corrected chi connectivity index (χ4v) is 6.81. The smallest absolute Gasteiger partial charge is 0.240 e. The lowest BCUT2D eigenvalue weighted by Gasteiger charge is -2.56. The molecule has 0 heterocycles. The Morgan fingerprint density at radius 3 is 2.13 bits per heavy atom. The van der Waals surface area contributed by atoms with Gasteiger partial charge in [0.15, 0.2) is 0 Å². The SMILES string of the molecule is CC(=NNC(=O)CC12CC3CC(CC(C3)C1)C2)c1ccc(NC(=O)C2CCC2)cc1. The molecule has 0 aliphatic heterocycles. The molecule has 5 nitrogen and oxygen atoms in total. The van der Waals surface area contributed by atoms with Gasteiger partial charge in [-0.25, -0.2) is 5.43 Å². The van der Waals surface area contributed by atoms with Gasteiger partial charge in [0.05, 0.1) is 5.71 Å². The lowest BCUT2D eigenvalue weighted by Crippen LogP contribution is -2.47. The average Bonchev–Trinajstić information content (AvgIpc) is 2.63. The van der Waals surface area contributed by atoms with Crippen LogP contribution >= 0.6 is 0 Å². The maximum atomic E-state index is 12.7. The first-order valence-corrected chi connectivity index (χ1v) is 11.7. The van der Waals surface area contributed by atoms with Crippen LogP contribution in [-0.2, 0) is 9.59 Å². The van der Waals surface area contributed by atoms with E-state index in [1.54, 1.807) is 0 Å². The third kappa shape index (κ3) is 4.03. The van der Waals surface area contributed by atoms with E-state index in [-0.39, 0.29) is 23.1 Å². The van der Waals surface area contributed by atoms with Crippen molar-refractivity contribution in [3.8, 4) is 0 Å². The molecule has 5 fully saturated rings. The Hall–Kier alpha value is -2.17. The highest BCUT2D eigenvalue weighted by atomic mass is 16.2. The summed E-state index contributed by atoms with van der Waals surface area (Å²) in [5.74, 6) is 2.93. The summed E-state index contributed by atoms with van der Waals surface area (Å²) in [4.78, 5) is 24.7. The Labute approximate surface area is 179 Å². The number of anilines is 1. The van der Waals surface area contributed by atoms with Crippen LogP contribution in [0.15, 0.2) is 29.4 Å². The molecule has 2 N–H and O–H groups in total. The lowest BCUT2D eigenvalue weighted by molar-refractivity contribution is -0.129. The van der Waals surface area contributed by atoms with E-state index in [9.17, 15) is 9.59 Å². The fraction of sp³-hybridized carbons (Fsp3) is 0.640. The Morgan fingerprint density at radius 2 is 1.60 bits per heavy atom. The summed E-state index contributed by atoms with van der Waals surface area (Å²) in [6, 6.07) is 7.70. The van der Waals surface area contributed by atoms with Crippen LogP contribution in [0.1, 0.15) is 76.7 Å². The summed E-state index contributed by atoms with van der Waals surface area (Å²) >= 11 is 0. The number of carbonyl (C=O) groups excluding carboxylic acids is 2. The molecule has 5 saturated carbocycles. The zero-order chi connectivity index (χ0) is 20.7. The molecule has 0 aromatic heterocycles. The number of nitrogens with zero attached hydrogens (tertiary/aromatic N) is 1. The number of carbonyl (C=O) groups is 2. The van der Waals surface area contributed by atoms with E-state index >= 15 is 0 Å². The topological polar surface area (TPSA) is 70.6 Å². The molecule has 0 saturated heterocycles. The van der Waals surface area contributed by atoms with Crippen LogP contribution in [0, 0.1) is 29.1 Å². The molecular weight excluding hydrogens is 374 g/mol. The molecule has 1 aromatic carbocycles. The van der Waals surface area contributed by atoms with E-state index in [0.29, 0.717) is 6.42 Å². The quantitative estimate of drug-likeness (QED) is 0.522. The number of amides is 2. The van der Waals surface area contributed by atoms with Gasteiger partial charge < -0.3 is 5.32 Å². The van der Waals surface area contributed by atoms with Crippen LogP contribution in [-0.4, -0.2) is 17.5 Å². The van der Waals surface area contributed by atoms with E-state index in [2.05, 4.69) is 15.8 Å². The van der Waals surface area contributed by atoms with Crippen molar-refractivity contribution in [2.24, 2.45) is 34.2 Å². The maximum Gasteiger partial charge on any atom is 0.240 e. The van der Waals surface area contributed by atoms with Crippen molar-refractivity contribution < 1.29 is 9.59 Å². The monoisotopic (exact) mass is 407 g/mol. The van der Waals surface area contributed by atoms with Crippen molar-refractivity contribution in [1.29, 1.82) is 0 Å². The zero-order valence-electron chi connectivity index (χ0n) is 18.0. The van der Waals surface area contributed by atoms with Gasteiger partial charge in [-0.3, -0.25) is 9.59 Å². The Kier molecular flexibility index (Phi) is 5.16. The largest absolute Gasteiger partial charge is 0.326 e. The first kappa shape index (κ1) is 19.8. The molecule has 0 spiro atoms. The summed E-state index contributed by atoms with van der Waals surface area (Å²) < 4.78 is 0. The molecule has 5 aliphatic rings. The molecule has 30 heavy (non-hydrogen) atoms. The van der Waals surface area contributed by atoms with Gasteiger partial charge in [0.25, 0.3) is 0 Å². The number of rotatable bonds is 6. The van der Waals surface area contributed by atoms with Gasteiger partial charge in [0, 0.05) is 18.0 Å². The van der Waals surface area contributed by atoms with E-state index in [4.69, 9.17) is 0 Å². The first-order valence-electron chi connectivity index (χ1n) is 11.7. The van der Waals surface area contributed by atoms with Crippen molar-refractivity contribution in [2.75, 3.05) is 5.32 Å². The van der Waals surface area contributed by atoms with Crippen molar-refractivity contribution in [3.63, 3.8) is 0 Å². The zero-order valence-corrected chi connectivity index (χ0v) is 18.0. The summed E-state index contributed by atoms with van der Waals surface area (Å²) in [6.07, 6.45) is 11.7. The minimum atomic E-state index is 0.0562. The Bertz CT molecular complexity index is 818. The Morgan fingerprint density at radius 1 is 1.00 bits per heavy atom. The molecule has 5 aliphatic carbocycles. The van der Waals surface area contributed by atoms with Gasteiger partial charge in [-0.2, -0.15) is 5.10 Å². The second kappa shape index (κ2) is 7.82. The number of hydrogen-bond acceptors (Lipinski definition) is 3. The molecule has 160 valence electrons. The summed E-state index contributed by atoms with van der Waals surface area (Å²) in [5, 5.41) is 7.35. The Balaban J connectivity index is 1.15. The predicted octanol–water partition coefficient (Wildman–Crippen LogP) is 4.87. The third-order valence-corrected chi connectivity index (χ3v) is 8.10. The van der Waals surface area contributed by atoms with Gasteiger partial charge in [0.1, 0.15) is 0 Å². The highest BCUT2D eigenvalue weighted by Gasteiger charge is 2.51. The van der Waals surface area contributed by atoms with Crippen LogP contribution < -0.4 is 10.7 Å². The molecule has 4 bridgehead atoms. The number of benzene rings is 1. The molecule has 0 radical (unpaired) electrons. The number of hydrogen-bond donors (Lipinski definition) is 2. The average molecular weight is 408 g/mol. The fourth-order valence-electron chi connectivity index (χ4n) is 6.81. The van der Waals surface area contributed by atoms with Crippen LogP contribution in [0.2, 0.25) is 0 Å². The second-order valence-electron chi connectivity index (χ2n) is 10.5. The van der Waals surface area contributed by atoms with Crippen molar-refractivity contribution in [2.45, 2.75) is 71.1 Å². The highest BCUT2D eigenvalue weighted by molar-refractivity contribution is 6.00. The number of hydrazone groups is 1. The molecule has 0 atom stereocenters. The molecule has 2 amide bonds. The first-order chi connectivity index (χ1) is 14.5. The number of nitrogens with one attached hydrogen (secondary N) is 2. The van der Waals surface area contributed by atoms with Crippen LogP contribution in [0.25, 0.3) is 0 Å². The summed E-state index contributed by atoms with van der Waals surface area (Å²) in [7, 11) is 0. The van der Waals surface area contributed by atoms with Crippen molar-refractivity contribution >= 4 is 23.2 Å². The van der Waals surface area contributed by atoms with Gasteiger partial charge in [-0.05, 0) is 99.2 Å². The van der Waals surface area contributed by atoms with E-state index in [0.717, 1.165) is 54.0 Å². The normalized spacial score (nSPS) is 32.6. The highest BCUT2D eigenvalue weighted by Crippen LogP contribution is 2.61. The third-order valence-electron chi connectivity index (χ3n) is 8.10. The van der Waals surface area contributed by atoms with Crippen molar-refractivity contribution in [1.82, 2.24) is 5.43 Å². The predicted molar refractivity (Wildman–Crippen MR) is 118 cm³/mol. The minimum absolute atomic E-state index is 0.0562. The molecule has 0 unspecified atom stereocenters. The maximum absolute atomic E-state index is 12.7.